The Kier molecular flexibility index (Phi) is 5.65. The maximum Gasteiger partial charge on any atom is 0.501 e. The largest absolute Gasteiger partial charge is 0.501 e. The number of pyridine rings is 1. The van der Waals surface area contributed by atoms with Crippen molar-refractivity contribution in [2.75, 3.05) is 24.7 Å². The first kappa shape index (κ1) is 21.6. The molecule has 164 valence electrons. The van der Waals surface area contributed by atoms with E-state index in [9.17, 15) is 21.6 Å². The van der Waals surface area contributed by atoms with Crippen molar-refractivity contribution < 1.29 is 21.6 Å². The summed E-state index contributed by atoms with van der Waals surface area (Å²) in [7, 11) is -5.34. The molecule has 3 aromatic rings. The summed E-state index contributed by atoms with van der Waals surface area (Å²) in [6.45, 7) is 5.04. The molecule has 9 heteroatoms. The summed E-state index contributed by atoms with van der Waals surface area (Å²) in [6, 6.07) is 14.9. The Labute approximate surface area is 179 Å². The van der Waals surface area contributed by atoms with Crippen molar-refractivity contribution in [3.05, 3.63) is 66.4 Å². The number of para-hydroxylation sites is 1. The van der Waals surface area contributed by atoms with Crippen molar-refractivity contribution in [1.82, 2.24) is 9.88 Å². The van der Waals surface area contributed by atoms with Gasteiger partial charge in [0.1, 0.15) is 0 Å². The Morgan fingerprint density at radius 1 is 1.03 bits per heavy atom. The van der Waals surface area contributed by atoms with Crippen LogP contribution in [0.15, 0.2) is 65.7 Å². The Hall–Kier alpha value is -2.65. The predicted octanol–water partition coefficient (Wildman–Crippen LogP) is 4.44. The smallest absolute Gasteiger partial charge is 0.358 e. The molecule has 4 rings (SSSR count). The molecule has 1 aromatic heterocycles. The van der Waals surface area contributed by atoms with Gasteiger partial charge in [0, 0.05) is 36.9 Å². The van der Waals surface area contributed by atoms with Gasteiger partial charge in [-0.05, 0) is 47.9 Å². The van der Waals surface area contributed by atoms with Crippen LogP contribution >= 0.6 is 0 Å². The number of hydrogen-bond donors (Lipinski definition) is 0. The molecule has 2 aromatic carbocycles. The number of nitrogens with zero attached hydrogens (tertiary/aromatic N) is 3. The van der Waals surface area contributed by atoms with E-state index in [2.05, 4.69) is 21.7 Å². The lowest BCUT2D eigenvalue weighted by Gasteiger charge is -2.40. The third kappa shape index (κ3) is 4.38. The van der Waals surface area contributed by atoms with E-state index in [1.807, 2.05) is 30.3 Å². The number of benzene rings is 2. The fourth-order valence-electron chi connectivity index (χ4n) is 4.04. The molecule has 1 unspecified atom stereocenters. The van der Waals surface area contributed by atoms with Crippen LogP contribution in [-0.4, -0.2) is 43.6 Å². The monoisotopic (exact) mass is 449 g/mol. The second-order valence-corrected chi connectivity index (χ2v) is 9.85. The molecule has 2 heterocycles. The van der Waals surface area contributed by atoms with Crippen molar-refractivity contribution in [3.8, 4) is 0 Å². The van der Waals surface area contributed by atoms with Gasteiger partial charge in [0.25, 0.3) is 9.84 Å². The minimum atomic E-state index is -5.34. The quantitative estimate of drug-likeness (QED) is 0.589. The molecule has 0 bridgehead atoms. The van der Waals surface area contributed by atoms with Crippen LogP contribution in [0.4, 0.5) is 18.9 Å². The van der Waals surface area contributed by atoms with Crippen molar-refractivity contribution in [2.45, 2.75) is 23.9 Å². The molecule has 0 radical (unpaired) electrons. The Morgan fingerprint density at radius 3 is 2.45 bits per heavy atom. The first-order valence-corrected chi connectivity index (χ1v) is 11.3. The number of fused-ring (bicyclic) bond motifs is 1. The van der Waals surface area contributed by atoms with Crippen molar-refractivity contribution in [2.24, 2.45) is 5.92 Å². The molecule has 5 nitrogen and oxygen atoms in total. The highest BCUT2D eigenvalue weighted by Crippen LogP contribution is 2.32. The highest BCUT2D eigenvalue weighted by Gasteiger charge is 2.46. The fraction of sp³-hybridized carbons (Fsp3) is 0.318. The van der Waals surface area contributed by atoms with Crippen LogP contribution in [0.2, 0.25) is 0 Å². The number of sulfone groups is 1. The van der Waals surface area contributed by atoms with E-state index < -0.39 is 20.2 Å². The van der Waals surface area contributed by atoms with E-state index in [4.69, 9.17) is 0 Å². The summed E-state index contributed by atoms with van der Waals surface area (Å²) in [5, 5.41) is 1.09. The lowest BCUT2D eigenvalue weighted by molar-refractivity contribution is -0.0436. The van der Waals surface area contributed by atoms with Crippen molar-refractivity contribution in [3.63, 3.8) is 0 Å². The SMILES string of the molecule is CC1CN(Cc2ccnc3ccccc23)CN(c2ccc(S(=O)(=O)C(F)(F)F)cc2)C1. The first-order chi connectivity index (χ1) is 14.6. The lowest BCUT2D eigenvalue weighted by atomic mass is 10.1. The second-order valence-electron chi connectivity index (χ2n) is 7.91. The summed E-state index contributed by atoms with van der Waals surface area (Å²) in [5.74, 6) is 0.334. The minimum Gasteiger partial charge on any atom is -0.358 e. The van der Waals surface area contributed by atoms with Crippen LogP contribution in [0, 0.1) is 5.92 Å². The van der Waals surface area contributed by atoms with Gasteiger partial charge >= 0.3 is 5.51 Å². The van der Waals surface area contributed by atoms with Crippen LogP contribution in [0.5, 0.6) is 0 Å². The predicted molar refractivity (Wildman–Crippen MR) is 113 cm³/mol. The zero-order valence-corrected chi connectivity index (χ0v) is 17.7. The maximum atomic E-state index is 12.8. The number of halogens is 3. The lowest BCUT2D eigenvalue weighted by Crippen LogP contribution is -2.48. The topological polar surface area (TPSA) is 53.5 Å². The zero-order chi connectivity index (χ0) is 22.2. The van der Waals surface area contributed by atoms with E-state index in [-0.39, 0.29) is 0 Å². The molecule has 1 aliphatic rings. The molecule has 0 spiro atoms. The molecular formula is C22H22F3N3O2S. The summed E-state index contributed by atoms with van der Waals surface area (Å²) in [5.41, 5.74) is -2.52. The third-order valence-corrected chi connectivity index (χ3v) is 6.93. The molecular weight excluding hydrogens is 427 g/mol. The van der Waals surface area contributed by atoms with Gasteiger partial charge < -0.3 is 4.90 Å². The molecule has 1 aliphatic heterocycles. The minimum absolute atomic E-state index is 0.334. The standard InChI is InChI=1S/C22H22F3N3O2S/c1-16-12-27(14-17-10-11-26-21-5-3-2-4-20(17)21)15-28(13-16)18-6-8-19(9-7-18)31(29,30)22(23,24)25/h2-11,16H,12-15H2,1H3. The van der Waals surface area contributed by atoms with Gasteiger partial charge in [-0.25, -0.2) is 8.42 Å². The van der Waals surface area contributed by atoms with Crippen LogP contribution in [0.25, 0.3) is 10.9 Å². The molecule has 31 heavy (non-hydrogen) atoms. The maximum absolute atomic E-state index is 12.8. The summed E-state index contributed by atoms with van der Waals surface area (Å²) in [4.78, 5) is 7.99. The Balaban J connectivity index is 1.54. The number of anilines is 1. The van der Waals surface area contributed by atoms with Gasteiger partial charge in [-0.3, -0.25) is 9.88 Å². The average Bonchev–Trinajstić information content (AvgIpc) is 2.73. The molecule has 1 fully saturated rings. The molecule has 0 N–H and O–H groups in total. The third-order valence-electron chi connectivity index (χ3n) is 5.42. The van der Waals surface area contributed by atoms with Gasteiger partial charge in [0.05, 0.1) is 17.1 Å². The number of hydrogen-bond acceptors (Lipinski definition) is 5. The summed E-state index contributed by atoms with van der Waals surface area (Å²) in [6.07, 6.45) is 1.79. The van der Waals surface area contributed by atoms with E-state index in [0.717, 1.165) is 41.7 Å². The number of rotatable bonds is 4. The summed E-state index contributed by atoms with van der Waals surface area (Å²) < 4.78 is 61.6. The highest BCUT2D eigenvalue weighted by atomic mass is 32.2. The van der Waals surface area contributed by atoms with Crippen molar-refractivity contribution in [1.29, 1.82) is 0 Å². The highest BCUT2D eigenvalue weighted by molar-refractivity contribution is 7.92. The zero-order valence-electron chi connectivity index (χ0n) is 16.9. The molecule has 1 atom stereocenters. The second kappa shape index (κ2) is 8.12. The van der Waals surface area contributed by atoms with E-state index >= 15 is 0 Å². The first-order valence-electron chi connectivity index (χ1n) is 9.86. The molecule has 1 saturated heterocycles. The molecule has 0 saturated carbocycles. The molecule has 0 aliphatic carbocycles. The van der Waals surface area contributed by atoms with Gasteiger partial charge in [0.15, 0.2) is 0 Å². The fourth-order valence-corrected chi connectivity index (χ4v) is 4.80. The van der Waals surface area contributed by atoms with Crippen LogP contribution < -0.4 is 4.90 Å². The van der Waals surface area contributed by atoms with Gasteiger partial charge in [-0.1, -0.05) is 25.1 Å². The van der Waals surface area contributed by atoms with E-state index in [1.165, 1.54) is 12.1 Å². The number of aromatic nitrogens is 1. The van der Waals surface area contributed by atoms with Crippen LogP contribution in [-0.2, 0) is 16.4 Å². The van der Waals surface area contributed by atoms with E-state index in [1.54, 1.807) is 6.20 Å². The normalized spacial score (nSPS) is 18.5. The molecule has 0 amide bonds. The number of alkyl halides is 3. The Bertz CT molecular complexity index is 1180. The Morgan fingerprint density at radius 2 is 1.74 bits per heavy atom. The van der Waals surface area contributed by atoms with Crippen LogP contribution in [0.3, 0.4) is 0 Å². The average molecular weight is 449 g/mol. The van der Waals surface area contributed by atoms with Gasteiger partial charge in [-0.15, -0.1) is 0 Å². The van der Waals surface area contributed by atoms with Gasteiger partial charge in [-0.2, -0.15) is 13.2 Å². The van der Waals surface area contributed by atoms with Gasteiger partial charge in [0.2, 0.25) is 0 Å². The van der Waals surface area contributed by atoms with Crippen molar-refractivity contribution >= 4 is 26.4 Å². The van der Waals surface area contributed by atoms with E-state index in [0.29, 0.717) is 24.8 Å². The van der Waals surface area contributed by atoms with Crippen LogP contribution in [0.1, 0.15) is 12.5 Å². The summed E-state index contributed by atoms with van der Waals surface area (Å²) >= 11 is 0.